The summed E-state index contributed by atoms with van der Waals surface area (Å²) in [7, 11) is 0. The number of thiazole rings is 2. The fourth-order valence-electron chi connectivity index (χ4n) is 5.24. The maximum absolute atomic E-state index is 12.8. The van der Waals surface area contributed by atoms with Crippen LogP contribution in [0, 0.1) is 0 Å². The fourth-order valence-corrected chi connectivity index (χ4v) is 9.04. The van der Waals surface area contributed by atoms with Gasteiger partial charge in [0.05, 0.1) is 67.7 Å². The Morgan fingerprint density at radius 3 is 1.47 bits per heavy atom. The minimum Gasteiger partial charge on any atom is -0.494 e. The lowest BCUT2D eigenvalue weighted by atomic mass is 9.99. The predicted molar refractivity (Wildman–Crippen MR) is 210 cm³/mol. The van der Waals surface area contributed by atoms with Crippen molar-refractivity contribution in [3.63, 3.8) is 0 Å². The number of hydrogen-bond donors (Lipinski definition) is 4. The second-order valence-electron chi connectivity index (χ2n) is 11.3. The second-order valence-corrected chi connectivity index (χ2v) is 15.8. The number of hydrogen-bond acceptors (Lipinski definition) is 12. The fraction of sp³-hybridized carbons (Fsp3) is 0.189. The number of aromatic carboxylic acids is 2. The summed E-state index contributed by atoms with van der Waals surface area (Å²) in [5, 5.41) is 25.2. The molecule has 0 bridgehead atoms. The van der Waals surface area contributed by atoms with Crippen molar-refractivity contribution in [3.8, 4) is 11.5 Å². The van der Waals surface area contributed by atoms with Crippen LogP contribution < -0.4 is 20.1 Å². The third-order valence-electron chi connectivity index (χ3n) is 7.54. The molecule has 0 saturated heterocycles. The lowest BCUT2D eigenvalue weighted by Gasteiger charge is -2.12. The summed E-state index contributed by atoms with van der Waals surface area (Å²) in [5.41, 5.74) is 2.84. The summed E-state index contributed by atoms with van der Waals surface area (Å²) in [4.78, 5) is 59.1. The number of amides is 2. The van der Waals surface area contributed by atoms with Gasteiger partial charge in [0.1, 0.15) is 11.5 Å². The van der Waals surface area contributed by atoms with Crippen LogP contribution in [0.3, 0.4) is 0 Å². The summed E-state index contributed by atoms with van der Waals surface area (Å²) < 4.78 is 14.4. The van der Waals surface area contributed by atoms with Gasteiger partial charge in [-0.05, 0) is 92.1 Å². The molecule has 0 aliphatic rings. The number of carbonyl (C=O) groups is 4. The van der Waals surface area contributed by atoms with Crippen LogP contribution in [0.5, 0.6) is 11.5 Å². The highest BCUT2D eigenvalue weighted by atomic mass is 32.2. The van der Waals surface area contributed by atoms with E-state index < -0.39 is 23.8 Å². The van der Waals surface area contributed by atoms with Crippen LogP contribution in [0.15, 0.2) is 81.5 Å². The van der Waals surface area contributed by atoms with Crippen molar-refractivity contribution in [2.24, 2.45) is 0 Å². The molecule has 0 unspecified atom stereocenters. The molecule has 2 amide bonds. The highest BCUT2D eigenvalue weighted by Crippen LogP contribution is 2.34. The molecule has 0 spiro atoms. The van der Waals surface area contributed by atoms with E-state index in [9.17, 15) is 29.4 Å². The maximum Gasteiger partial charge on any atom is 0.337 e. The Hall–Kier alpha value is -5.16. The van der Waals surface area contributed by atoms with Crippen LogP contribution in [0.1, 0.15) is 45.7 Å². The zero-order chi connectivity index (χ0) is 37.5. The molecule has 0 aliphatic heterocycles. The Morgan fingerprint density at radius 1 is 0.642 bits per heavy atom. The lowest BCUT2D eigenvalue weighted by molar-refractivity contribution is -0.114. The average Bonchev–Trinajstić information content (AvgIpc) is 3.74. The van der Waals surface area contributed by atoms with Gasteiger partial charge in [-0.25, -0.2) is 19.6 Å². The molecule has 12 nitrogen and oxygen atoms in total. The van der Waals surface area contributed by atoms with Crippen LogP contribution in [0.2, 0.25) is 0 Å². The van der Waals surface area contributed by atoms with Gasteiger partial charge in [-0.15, -0.1) is 22.7 Å². The van der Waals surface area contributed by atoms with Crippen molar-refractivity contribution in [1.29, 1.82) is 0 Å². The van der Waals surface area contributed by atoms with Crippen molar-refractivity contribution in [1.82, 2.24) is 9.97 Å². The molecule has 2 heterocycles. The summed E-state index contributed by atoms with van der Waals surface area (Å²) in [5.74, 6) is -1.70. The minimum atomic E-state index is -1.23. The average molecular weight is 789 g/mol. The molecule has 4 aromatic carbocycles. The molecular weight excluding hydrogens is 757 g/mol. The lowest BCUT2D eigenvalue weighted by Crippen LogP contribution is -2.17. The molecule has 0 atom stereocenters. The van der Waals surface area contributed by atoms with E-state index >= 15 is 0 Å². The maximum atomic E-state index is 12.8. The van der Waals surface area contributed by atoms with Gasteiger partial charge in [0, 0.05) is 0 Å². The smallest absolute Gasteiger partial charge is 0.337 e. The third-order valence-corrected chi connectivity index (χ3v) is 11.9. The predicted octanol–water partition coefficient (Wildman–Crippen LogP) is 8.15. The summed E-state index contributed by atoms with van der Waals surface area (Å²) in [6.45, 7) is 4.92. The number of benzene rings is 4. The molecule has 0 saturated carbocycles. The number of carboxylic acids is 2. The van der Waals surface area contributed by atoms with Crippen LogP contribution in [0.4, 0.5) is 11.4 Å². The Morgan fingerprint density at radius 2 is 1.08 bits per heavy atom. The van der Waals surface area contributed by atoms with Gasteiger partial charge < -0.3 is 30.3 Å². The van der Waals surface area contributed by atoms with Crippen LogP contribution >= 0.6 is 46.2 Å². The van der Waals surface area contributed by atoms with Crippen molar-refractivity contribution >= 4 is 102 Å². The van der Waals surface area contributed by atoms with Gasteiger partial charge in [0.15, 0.2) is 8.68 Å². The Balaban J connectivity index is 1.06. The molecule has 2 aromatic heterocycles. The normalized spacial score (nSPS) is 11.1. The molecule has 4 N–H and O–H groups in total. The molecule has 6 aromatic rings. The van der Waals surface area contributed by atoms with Crippen molar-refractivity contribution in [2.75, 3.05) is 35.4 Å². The first kappa shape index (κ1) is 37.6. The van der Waals surface area contributed by atoms with Crippen LogP contribution in [-0.4, -0.2) is 68.7 Å². The number of aromatic nitrogens is 2. The summed E-state index contributed by atoms with van der Waals surface area (Å²) in [6.07, 6.45) is 0.208. The molecule has 0 fully saturated rings. The molecule has 0 aliphatic carbocycles. The number of carbonyl (C=O) groups excluding carboxylic acids is 2. The van der Waals surface area contributed by atoms with Gasteiger partial charge in [0.25, 0.3) is 0 Å². The van der Waals surface area contributed by atoms with E-state index in [0.29, 0.717) is 33.0 Å². The summed E-state index contributed by atoms with van der Waals surface area (Å²) in [6, 6.07) is 20.5. The van der Waals surface area contributed by atoms with Crippen LogP contribution in [0.25, 0.3) is 20.4 Å². The number of rotatable bonds is 16. The minimum absolute atomic E-state index is 0.0240. The van der Waals surface area contributed by atoms with E-state index in [4.69, 9.17) is 9.47 Å². The molecular formula is C37H32N4O8S4. The molecule has 6 rings (SSSR count). The first-order valence-corrected chi connectivity index (χ1v) is 19.8. The van der Waals surface area contributed by atoms with Gasteiger partial charge in [-0.1, -0.05) is 35.7 Å². The summed E-state index contributed by atoms with van der Waals surface area (Å²) >= 11 is 5.38. The van der Waals surface area contributed by atoms with E-state index in [-0.39, 0.29) is 40.4 Å². The number of fused-ring (bicyclic) bond motifs is 2. The van der Waals surface area contributed by atoms with E-state index in [1.165, 1.54) is 70.5 Å². The van der Waals surface area contributed by atoms with Crippen molar-refractivity contribution in [2.45, 2.75) is 28.9 Å². The number of anilines is 2. The molecule has 53 heavy (non-hydrogen) atoms. The zero-order valence-electron chi connectivity index (χ0n) is 28.3. The highest BCUT2D eigenvalue weighted by Gasteiger charge is 2.18. The zero-order valence-corrected chi connectivity index (χ0v) is 31.6. The number of ether oxygens (including phenoxy) is 2. The van der Waals surface area contributed by atoms with Crippen LogP contribution in [-0.2, 0) is 16.0 Å². The standard InChI is InChI=1S/C37H32N4O8S4/c1-3-48-22-7-11-28-30(16-22)52-36(40-28)50-18-32(42)38-26-9-5-20(14-24(26)34(44)45)13-21-6-10-27(25(15-21)35(46)47)39-33(43)19-51-37-41-29-12-8-23(49-4-2)17-31(29)53-37/h5-12,14-17H,3-4,13,18-19H2,1-2H3,(H,38,42)(H,39,43)(H,44,45)(H,46,47). The van der Waals surface area contributed by atoms with E-state index in [1.54, 1.807) is 12.1 Å². The molecule has 0 radical (unpaired) electrons. The number of carboxylic acid groups (broad SMARTS) is 2. The van der Waals surface area contributed by atoms with Crippen molar-refractivity contribution < 1.29 is 38.9 Å². The van der Waals surface area contributed by atoms with Gasteiger partial charge in [-0.2, -0.15) is 0 Å². The quantitative estimate of drug-likeness (QED) is 0.0694. The second kappa shape index (κ2) is 17.1. The third kappa shape index (κ3) is 9.64. The van der Waals surface area contributed by atoms with Gasteiger partial charge in [0.2, 0.25) is 11.8 Å². The first-order chi connectivity index (χ1) is 25.6. The Bertz CT molecular complexity index is 2180. The number of thioether (sulfide) groups is 2. The molecule has 272 valence electrons. The first-order valence-electron chi connectivity index (χ1n) is 16.2. The topological polar surface area (TPSA) is 177 Å². The van der Waals surface area contributed by atoms with E-state index in [0.717, 1.165) is 31.9 Å². The number of nitrogens with zero attached hydrogens (tertiary/aromatic N) is 2. The number of nitrogens with one attached hydrogen (secondary N) is 2. The van der Waals surface area contributed by atoms with Gasteiger partial charge >= 0.3 is 11.9 Å². The Kier molecular flexibility index (Phi) is 12.1. The van der Waals surface area contributed by atoms with Crippen molar-refractivity contribution in [3.05, 3.63) is 95.1 Å². The van der Waals surface area contributed by atoms with E-state index in [1.807, 2.05) is 50.2 Å². The monoisotopic (exact) mass is 788 g/mol. The Labute approximate surface area is 320 Å². The highest BCUT2D eigenvalue weighted by molar-refractivity contribution is 8.02. The van der Waals surface area contributed by atoms with Gasteiger partial charge in [-0.3, -0.25) is 9.59 Å². The SMILES string of the molecule is CCOc1ccc2nc(SCC(=O)Nc3ccc(Cc4ccc(NC(=O)CSc5nc6ccc(OCC)cc6s5)c(C(=O)O)c4)cc3C(=O)O)sc2c1. The molecule has 16 heteroatoms. The van der Waals surface area contributed by atoms with E-state index in [2.05, 4.69) is 20.6 Å². The largest absolute Gasteiger partial charge is 0.494 e.